The van der Waals surface area contributed by atoms with Crippen LogP contribution in [0.15, 0.2) is 58.6 Å². The maximum absolute atomic E-state index is 10.3. The van der Waals surface area contributed by atoms with Crippen LogP contribution < -0.4 is 0 Å². The topological polar surface area (TPSA) is 38.1 Å². The second-order valence-electron chi connectivity index (χ2n) is 4.09. The van der Waals surface area contributed by atoms with Crippen LogP contribution in [0.5, 0.6) is 0 Å². The van der Waals surface area contributed by atoms with E-state index in [1.54, 1.807) is 10.9 Å². The van der Waals surface area contributed by atoms with Crippen molar-refractivity contribution >= 4 is 27.3 Å². The predicted octanol–water partition coefficient (Wildman–Crippen LogP) is 3.78. The van der Waals surface area contributed by atoms with Gasteiger partial charge in [0.15, 0.2) is 0 Å². The number of hydrogen-bond acceptors (Lipinski definition) is 3. The van der Waals surface area contributed by atoms with Gasteiger partial charge < -0.3 is 5.11 Å². The van der Waals surface area contributed by atoms with Gasteiger partial charge in [-0.3, -0.25) is 0 Å². The summed E-state index contributed by atoms with van der Waals surface area (Å²) < 4.78 is 2.69. The van der Waals surface area contributed by atoms with Crippen LogP contribution in [0.1, 0.15) is 16.5 Å². The maximum atomic E-state index is 10.3. The first kappa shape index (κ1) is 12.6. The molecule has 2 aromatic heterocycles. The Morgan fingerprint density at radius 2 is 2.00 bits per heavy atom. The van der Waals surface area contributed by atoms with Crippen LogP contribution in [0, 0.1) is 0 Å². The Kier molecular flexibility index (Phi) is 3.50. The maximum Gasteiger partial charge on any atom is 0.117 e. The minimum absolute atomic E-state index is 0.646. The molecule has 96 valence electrons. The fourth-order valence-corrected chi connectivity index (χ4v) is 3.45. The largest absolute Gasteiger partial charge is 0.383 e. The van der Waals surface area contributed by atoms with Gasteiger partial charge in [-0.05, 0) is 39.5 Å². The molecule has 0 aliphatic carbocycles. The molecule has 0 aliphatic heterocycles. The van der Waals surface area contributed by atoms with E-state index in [1.165, 1.54) is 11.3 Å². The number of nitrogens with zero attached hydrogens (tertiary/aromatic N) is 2. The minimum Gasteiger partial charge on any atom is -0.383 e. The van der Waals surface area contributed by atoms with Gasteiger partial charge in [-0.1, -0.05) is 18.2 Å². The Hall–Kier alpha value is -1.43. The lowest BCUT2D eigenvalue weighted by Gasteiger charge is -2.06. The number of benzene rings is 1. The van der Waals surface area contributed by atoms with Gasteiger partial charge in [0.25, 0.3) is 0 Å². The van der Waals surface area contributed by atoms with E-state index in [-0.39, 0.29) is 0 Å². The molecule has 0 spiro atoms. The van der Waals surface area contributed by atoms with E-state index in [0.29, 0.717) is 0 Å². The minimum atomic E-state index is -0.646. The van der Waals surface area contributed by atoms with Gasteiger partial charge in [-0.2, -0.15) is 5.10 Å². The summed E-state index contributed by atoms with van der Waals surface area (Å²) in [5.41, 5.74) is 1.76. The Morgan fingerprint density at radius 3 is 2.68 bits per heavy atom. The van der Waals surface area contributed by atoms with Crippen molar-refractivity contribution in [3.8, 4) is 5.69 Å². The number of rotatable bonds is 3. The van der Waals surface area contributed by atoms with E-state index in [2.05, 4.69) is 21.0 Å². The van der Waals surface area contributed by atoms with Crippen molar-refractivity contribution in [3.63, 3.8) is 0 Å². The number of aliphatic hydroxyl groups is 1. The fourth-order valence-electron chi connectivity index (χ4n) is 1.85. The van der Waals surface area contributed by atoms with Crippen molar-refractivity contribution < 1.29 is 5.11 Å². The molecule has 1 aromatic carbocycles. The SMILES string of the molecule is OC(c1cnn(-c2ccccc2)c1)c1sccc1Br. The van der Waals surface area contributed by atoms with Crippen molar-refractivity contribution in [2.24, 2.45) is 0 Å². The molecule has 3 aromatic rings. The van der Waals surface area contributed by atoms with Gasteiger partial charge in [-0.15, -0.1) is 11.3 Å². The summed E-state index contributed by atoms with van der Waals surface area (Å²) in [5, 5.41) is 16.6. The monoisotopic (exact) mass is 334 g/mol. The second-order valence-corrected chi connectivity index (χ2v) is 5.89. The van der Waals surface area contributed by atoms with Crippen LogP contribution in [-0.2, 0) is 0 Å². The average Bonchev–Trinajstić information content (AvgIpc) is 3.08. The molecule has 2 heterocycles. The molecule has 0 saturated heterocycles. The van der Waals surface area contributed by atoms with Gasteiger partial charge in [0, 0.05) is 16.2 Å². The van der Waals surface area contributed by atoms with Crippen LogP contribution in [0.4, 0.5) is 0 Å². The zero-order chi connectivity index (χ0) is 13.2. The van der Waals surface area contributed by atoms with Crippen molar-refractivity contribution in [1.82, 2.24) is 9.78 Å². The highest BCUT2D eigenvalue weighted by Crippen LogP contribution is 2.32. The quantitative estimate of drug-likeness (QED) is 0.791. The average molecular weight is 335 g/mol. The fraction of sp³-hybridized carbons (Fsp3) is 0.0714. The van der Waals surface area contributed by atoms with Gasteiger partial charge in [0.2, 0.25) is 0 Å². The molecular formula is C14H11BrN2OS. The van der Waals surface area contributed by atoms with E-state index in [4.69, 9.17) is 0 Å². The molecule has 0 saturated carbocycles. The molecular weight excluding hydrogens is 324 g/mol. The summed E-state index contributed by atoms with van der Waals surface area (Å²) in [6, 6.07) is 11.8. The summed E-state index contributed by atoms with van der Waals surface area (Å²) in [6.45, 7) is 0. The Balaban J connectivity index is 1.92. The first-order valence-electron chi connectivity index (χ1n) is 5.76. The van der Waals surface area contributed by atoms with Crippen molar-refractivity contribution in [1.29, 1.82) is 0 Å². The van der Waals surface area contributed by atoms with E-state index in [0.717, 1.165) is 20.6 Å². The first-order valence-corrected chi connectivity index (χ1v) is 7.44. The molecule has 0 aliphatic rings. The smallest absolute Gasteiger partial charge is 0.117 e. The lowest BCUT2D eigenvalue weighted by atomic mass is 10.2. The number of aromatic nitrogens is 2. The number of hydrogen-bond donors (Lipinski definition) is 1. The van der Waals surface area contributed by atoms with Crippen LogP contribution in [0.25, 0.3) is 5.69 Å². The Morgan fingerprint density at radius 1 is 1.21 bits per heavy atom. The molecule has 3 rings (SSSR count). The summed E-state index contributed by atoms with van der Waals surface area (Å²) in [6.07, 6.45) is 2.91. The van der Waals surface area contributed by atoms with Gasteiger partial charge in [-0.25, -0.2) is 4.68 Å². The lowest BCUT2D eigenvalue weighted by molar-refractivity contribution is 0.223. The molecule has 0 fully saturated rings. The molecule has 1 unspecified atom stereocenters. The normalized spacial score (nSPS) is 12.5. The first-order chi connectivity index (χ1) is 9.25. The second kappa shape index (κ2) is 5.28. The molecule has 1 N–H and O–H groups in total. The van der Waals surface area contributed by atoms with Gasteiger partial charge >= 0.3 is 0 Å². The Labute approximate surface area is 123 Å². The van der Waals surface area contributed by atoms with Crippen LogP contribution >= 0.6 is 27.3 Å². The van der Waals surface area contributed by atoms with Crippen molar-refractivity contribution in [2.45, 2.75) is 6.10 Å². The van der Waals surface area contributed by atoms with E-state index in [9.17, 15) is 5.11 Å². The third-order valence-corrected chi connectivity index (χ3v) is 4.76. The van der Waals surface area contributed by atoms with Crippen LogP contribution in [0.2, 0.25) is 0 Å². The highest BCUT2D eigenvalue weighted by Gasteiger charge is 2.17. The third kappa shape index (κ3) is 2.49. The summed E-state index contributed by atoms with van der Waals surface area (Å²) in [7, 11) is 0. The predicted molar refractivity (Wildman–Crippen MR) is 79.6 cm³/mol. The van der Waals surface area contributed by atoms with Crippen molar-refractivity contribution in [2.75, 3.05) is 0 Å². The van der Waals surface area contributed by atoms with Crippen LogP contribution in [0.3, 0.4) is 0 Å². The number of thiophene rings is 1. The Bertz CT molecular complexity index is 678. The summed E-state index contributed by atoms with van der Waals surface area (Å²) >= 11 is 4.96. The highest BCUT2D eigenvalue weighted by atomic mass is 79.9. The summed E-state index contributed by atoms with van der Waals surface area (Å²) in [4.78, 5) is 0.896. The molecule has 1 atom stereocenters. The molecule has 5 heteroatoms. The molecule has 19 heavy (non-hydrogen) atoms. The van der Waals surface area contributed by atoms with Gasteiger partial charge in [0.1, 0.15) is 6.10 Å². The van der Waals surface area contributed by atoms with Crippen molar-refractivity contribution in [3.05, 3.63) is 69.1 Å². The highest BCUT2D eigenvalue weighted by molar-refractivity contribution is 9.10. The van der Waals surface area contributed by atoms with E-state index < -0.39 is 6.10 Å². The van der Waals surface area contributed by atoms with Crippen LogP contribution in [-0.4, -0.2) is 14.9 Å². The third-order valence-electron chi connectivity index (χ3n) is 2.83. The summed E-state index contributed by atoms with van der Waals surface area (Å²) in [5.74, 6) is 0. The molecule has 0 radical (unpaired) electrons. The van der Waals surface area contributed by atoms with E-state index in [1.807, 2.05) is 48.0 Å². The zero-order valence-corrected chi connectivity index (χ0v) is 12.3. The number of aliphatic hydroxyl groups excluding tert-OH is 1. The molecule has 0 bridgehead atoms. The van der Waals surface area contributed by atoms with Gasteiger partial charge in [0.05, 0.1) is 16.8 Å². The molecule has 0 amide bonds. The standard InChI is InChI=1S/C14H11BrN2OS/c15-12-6-7-19-14(12)13(18)10-8-16-17(9-10)11-4-2-1-3-5-11/h1-9,13,18H. The number of para-hydroxylation sites is 1. The van der Waals surface area contributed by atoms with E-state index >= 15 is 0 Å². The zero-order valence-electron chi connectivity index (χ0n) is 9.90. The number of halogens is 1. The lowest BCUT2D eigenvalue weighted by Crippen LogP contribution is -1.97. The molecule has 3 nitrogen and oxygen atoms in total.